The van der Waals surface area contributed by atoms with Crippen LogP contribution in [0.25, 0.3) is 22.3 Å². The predicted octanol–water partition coefficient (Wildman–Crippen LogP) is 2.38. The number of carbonyl (C=O) groups excluding carboxylic acids is 1. The zero-order valence-corrected chi connectivity index (χ0v) is 15.6. The molecule has 0 spiro atoms. The van der Waals surface area contributed by atoms with E-state index in [4.69, 9.17) is 4.74 Å². The number of pyridine rings is 1. The highest BCUT2D eigenvalue weighted by molar-refractivity contribution is 6.09. The maximum absolute atomic E-state index is 13.3. The fraction of sp³-hybridized carbons (Fsp3) is 0.381. The van der Waals surface area contributed by atoms with Gasteiger partial charge in [-0.1, -0.05) is 0 Å². The van der Waals surface area contributed by atoms with Crippen molar-refractivity contribution in [1.82, 2.24) is 20.5 Å². The lowest BCUT2D eigenvalue weighted by Gasteiger charge is -2.16. The summed E-state index contributed by atoms with van der Waals surface area (Å²) in [4.78, 5) is 17.9. The minimum absolute atomic E-state index is 0.0238. The van der Waals surface area contributed by atoms with Crippen molar-refractivity contribution in [3.8, 4) is 17.0 Å². The molecule has 1 saturated carbocycles. The largest absolute Gasteiger partial charge is 0.508 e. The molecule has 4 atom stereocenters. The summed E-state index contributed by atoms with van der Waals surface area (Å²) >= 11 is 0. The summed E-state index contributed by atoms with van der Waals surface area (Å²) in [6.07, 6.45) is 2.76. The molecule has 4 unspecified atom stereocenters. The number of methoxy groups -OCH3 is 1. The van der Waals surface area contributed by atoms with Crippen LogP contribution in [0, 0.1) is 17.8 Å². The van der Waals surface area contributed by atoms with Gasteiger partial charge in [0.1, 0.15) is 5.75 Å². The highest BCUT2D eigenvalue weighted by Crippen LogP contribution is 2.49. The first-order chi connectivity index (χ1) is 13.7. The van der Waals surface area contributed by atoms with Gasteiger partial charge in [0.25, 0.3) is 0 Å². The average molecular weight is 378 g/mol. The van der Waals surface area contributed by atoms with Crippen molar-refractivity contribution in [1.29, 1.82) is 0 Å². The molecule has 2 fully saturated rings. The monoisotopic (exact) mass is 378 g/mol. The SMILES string of the molecule is COC1CNCC1C1CC1C(=O)c1cc(-c2ccc(O)cc2)nc2[nH]ncc12. The van der Waals surface area contributed by atoms with Gasteiger partial charge in [-0.25, -0.2) is 4.98 Å². The third-order valence-corrected chi connectivity index (χ3v) is 6.08. The highest BCUT2D eigenvalue weighted by atomic mass is 16.5. The van der Waals surface area contributed by atoms with E-state index in [1.54, 1.807) is 37.6 Å². The summed E-state index contributed by atoms with van der Waals surface area (Å²) in [6.45, 7) is 1.76. The summed E-state index contributed by atoms with van der Waals surface area (Å²) in [5.41, 5.74) is 2.79. The number of H-pyrrole nitrogens is 1. The molecule has 1 saturated heterocycles. The number of carbonyl (C=O) groups is 1. The second kappa shape index (κ2) is 6.68. The van der Waals surface area contributed by atoms with Crippen molar-refractivity contribution in [2.24, 2.45) is 17.8 Å². The van der Waals surface area contributed by atoms with E-state index in [0.717, 1.165) is 30.5 Å². The summed E-state index contributed by atoms with van der Waals surface area (Å²) in [5.74, 6) is 1.12. The van der Waals surface area contributed by atoms with Gasteiger partial charge in [-0.05, 0) is 42.7 Å². The minimum Gasteiger partial charge on any atom is -0.508 e. The van der Waals surface area contributed by atoms with Crippen molar-refractivity contribution in [3.63, 3.8) is 0 Å². The fourth-order valence-electron chi connectivity index (χ4n) is 4.46. The first-order valence-electron chi connectivity index (χ1n) is 9.57. The van der Waals surface area contributed by atoms with Crippen LogP contribution in [-0.2, 0) is 4.74 Å². The maximum Gasteiger partial charge on any atom is 0.167 e. The van der Waals surface area contributed by atoms with Gasteiger partial charge in [0.2, 0.25) is 0 Å². The number of aromatic nitrogens is 3. The second-order valence-electron chi connectivity index (χ2n) is 7.70. The van der Waals surface area contributed by atoms with E-state index in [2.05, 4.69) is 20.5 Å². The molecule has 3 aromatic rings. The Balaban J connectivity index is 1.48. The minimum atomic E-state index is 0.0238. The Kier molecular flexibility index (Phi) is 4.14. The van der Waals surface area contributed by atoms with Crippen LogP contribution in [0.1, 0.15) is 16.8 Å². The smallest absolute Gasteiger partial charge is 0.167 e. The first kappa shape index (κ1) is 17.3. The molecule has 3 N–H and O–H groups in total. The Bertz CT molecular complexity index is 1030. The fourth-order valence-corrected chi connectivity index (χ4v) is 4.46. The Morgan fingerprint density at radius 1 is 1.21 bits per heavy atom. The van der Waals surface area contributed by atoms with Crippen molar-refractivity contribution in [2.45, 2.75) is 12.5 Å². The molecular weight excluding hydrogens is 356 g/mol. The van der Waals surface area contributed by atoms with E-state index < -0.39 is 0 Å². The number of nitrogens with zero attached hydrogens (tertiary/aromatic N) is 2. The summed E-state index contributed by atoms with van der Waals surface area (Å²) in [6, 6.07) is 8.67. The van der Waals surface area contributed by atoms with Crippen LogP contribution in [0.15, 0.2) is 36.5 Å². The number of hydrogen-bond acceptors (Lipinski definition) is 6. The van der Waals surface area contributed by atoms with Crippen LogP contribution >= 0.6 is 0 Å². The number of nitrogens with one attached hydrogen (secondary N) is 2. The molecule has 3 heterocycles. The molecule has 0 amide bonds. The molecule has 2 aromatic heterocycles. The Labute approximate surface area is 162 Å². The molecule has 1 aliphatic carbocycles. The third kappa shape index (κ3) is 2.87. The van der Waals surface area contributed by atoms with Gasteiger partial charge < -0.3 is 15.2 Å². The second-order valence-corrected chi connectivity index (χ2v) is 7.70. The van der Waals surface area contributed by atoms with E-state index in [1.165, 1.54) is 0 Å². The van der Waals surface area contributed by atoms with Gasteiger partial charge in [0.15, 0.2) is 11.4 Å². The molecule has 7 nitrogen and oxygen atoms in total. The number of Topliss-reactive ketones (excluding diaryl/α,β-unsaturated/α-hetero) is 1. The van der Waals surface area contributed by atoms with Crippen molar-refractivity contribution in [3.05, 3.63) is 42.1 Å². The van der Waals surface area contributed by atoms with E-state index in [1.807, 2.05) is 6.07 Å². The van der Waals surface area contributed by atoms with Crippen LogP contribution in [-0.4, -0.2) is 52.4 Å². The standard InChI is InChI=1S/C21H22N4O3/c1-28-19-10-22-8-16(19)13-6-14(13)20(27)15-7-18(11-2-4-12(26)5-3-11)24-21-17(15)9-23-25-21/h2-5,7,9,13-14,16,19,22,26H,6,8,10H2,1H3,(H,23,24,25). The first-order valence-corrected chi connectivity index (χ1v) is 9.57. The number of ether oxygens (including phenoxy) is 1. The van der Waals surface area contributed by atoms with Crippen LogP contribution in [0.4, 0.5) is 0 Å². The number of fused-ring (bicyclic) bond motifs is 1. The number of phenolic OH excluding ortho intramolecular Hbond substituents is 1. The molecule has 7 heteroatoms. The predicted molar refractivity (Wildman–Crippen MR) is 104 cm³/mol. The Hall–Kier alpha value is -2.77. The number of ketones is 1. The molecule has 1 aliphatic heterocycles. The number of aromatic hydroxyl groups is 1. The van der Waals surface area contributed by atoms with Crippen LogP contribution < -0.4 is 5.32 Å². The van der Waals surface area contributed by atoms with Crippen LogP contribution in [0.3, 0.4) is 0 Å². The number of phenols is 1. The lowest BCUT2D eigenvalue weighted by molar-refractivity contribution is 0.0713. The number of benzene rings is 1. The Morgan fingerprint density at radius 2 is 2.04 bits per heavy atom. The number of hydrogen-bond donors (Lipinski definition) is 3. The number of aromatic amines is 1. The molecule has 5 rings (SSSR count). The normalized spacial score (nSPS) is 26.6. The van der Waals surface area contributed by atoms with Gasteiger partial charge in [0.05, 0.1) is 18.0 Å². The third-order valence-electron chi connectivity index (χ3n) is 6.08. The van der Waals surface area contributed by atoms with Gasteiger partial charge in [-0.3, -0.25) is 9.89 Å². The van der Waals surface area contributed by atoms with Crippen LogP contribution in [0.2, 0.25) is 0 Å². The van der Waals surface area contributed by atoms with Gasteiger partial charge >= 0.3 is 0 Å². The van der Waals surface area contributed by atoms with E-state index in [9.17, 15) is 9.90 Å². The quantitative estimate of drug-likeness (QED) is 0.590. The van der Waals surface area contributed by atoms with E-state index in [0.29, 0.717) is 28.7 Å². The Morgan fingerprint density at radius 3 is 2.82 bits per heavy atom. The summed E-state index contributed by atoms with van der Waals surface area (Å²) in [7, 11) is 1.74. The van der Waals surface area contributed by atoms with Crippen molar-refractivity contribution < 1.29 is 14.6 Å². The lowest BCUT2D eigenvalue weighted by Crippen LogP contribution is -2.24. The van der Waals surface area contributed by atoms with Gasteiger partial charge in [-0.15, -0.1) is 0 Å². The molecule has 144 valence electrons. The topological polar surface area (TPSA) is 100 Å². The lowest BCUT2D eigenvalue weighted by atomic mass is 9.95. The van der Waals surface area contributed by atoms with E-state index >= 15 is 0 Å². The van der Waals surface area contributed by atoms with Crippen molar-refractivity contribution >= 4 is 16.8 Å². The van der Waals surface area contributed by atoms with Gasteiger partial charge in [-0.2, -0.15) is 5.10 Å². The van der Waals surface area contributed by atoms with Crippen LogP contribution in [0.5, 0.6) is 5.75 Å². The van der Waals surface area contributed by atoms with E-state index in [-0.39, 0.29) is 23.6 Å². The summed E-state index contributed by atoms with van der Waals surface area (Å²) in [5, 5.41) is 20.6. The zero-order valence-electron chi connectivity index (χ0n) is 15.6. The number of rotatable bonds is 5. The summed E-state index contributed by atoms with van der Waals surface area (Å²) < 4.78 is 5.58. The zero-order chi connectivity index (χ0) is 19.3. The maximum atomic E-state index is 13.3. The molecule has 28 heavy (non-hydrogen) atoms. The highest BCUT2D eigenvalue weighted by Gasteiger charge is 2.51. The molecule has 2 aliphatic rings. The van der Waals surface area contributed by atoms with Gasteiger partial charge in [0, 0.05) is 48.5 Å². The molecule has 0 bridgehead atoms. The molecular formula is C21H22N4O3. The molecule has 1 aromatic carbocycles. The van der Waals surface area contributed by atoms with Crippen molar-refractivity contribution in [2.75, 3.05) is 20.2 Å². The molecule has 0 radical (unpaired) electrons. The average Bonchev–Trinajstić information content (AvgIpc) is 3.13.